The molecule has 6 N–H and O–H groups in total. The number of hydrogen-bond acceptors (Lipinski definition) is 6. The number of benzene rings is 3. The summed E-state index contributed by atoms with van der Waals surface area (Å²) in [7, 11) is -4.74. The largest absolute Gasteiger partial charge is 0.472 e. The van der Waals surface area contributed by atoms with Gasteiger partial charge < -0.3 is 35.2 Å². The van der Waals surface area contributed by atoms with Crippen LogP contribution in [0.5, 0.6) is 5.75 Å². The number of nitrogens with two attached hydrogens (primary N) is 1. The van der Waals surface area contributed by atoms with E-state index in [1.54, 1.807) is 12.1 Å². The standard InChI is InChI=1S/C36H50N3O7P/c1-35(2,3)38-25-32(40)28-18-19-33(45-27-46-47(42,43)44)29(24-28)26-39(21-12-4-5-13-22-39)23-20-36(34(37)41,30-14-8-6-9-15-30)31-16-10-7-11-17-31/h6-11,14-19,24,32,38,40H,4-5,12-13,20-23,25-27H2,1-3H3,(H3-,37,41,42,43,44)/p+1. The van der Waals surface area contributed by atoms with Gasteiger partial charge in [0.05, 0.1) is 25.7 Å². The minimum absolute atomic E-state index is 0.182. The Morgan fingerprint density at radius 3 is 2.02 bits per heavy atom. The fourth-order valence-corrected chi connectivity index (χ4v) is 6.84. The van der Waals surface area contributed by atoms with Gasteiger partial charge >= 0.3 is 7.82 Å². The van der Waals surface area contributed by atoms with E-state index in [1.807, 2.05) is 87.5 Å². The van der Waals surface area contributed by atoms with Crippen molar-refractivity contribution in [1.29, 1.82) is 0 Å². The Morgan fingerprint density at radius 1 is 0.936 bits per heavy atom. The van der Waals surface area contributed by atoms with Crippen molar-refractivity contribution in [3.8, 4) is 5.75 Å². The average molecular weight is 669 g/mol. The molecule has 1 aliphatic heterocycles. The van der Waals surface area contributed by atoms with Gasteiger partial charge in [0.1, 0.15) is 17.7 Å². The number of phosphoric acid groups is 1. The van der Waals surface area contributed by atoms with Crippen molar-refractivity contribution in [3.63, 3.8) is 0 Å². The van der Waals surface area contributed by atoms with E-state index >= 15 is 0 Å². The second-order valence-corrected chi connectivity index (χ2v) is 15.0. The first kappa shape index (κ1) is 36.8. The zero-order valence-corrected chi connectivity index (χ0v) is 28.7. The van der Waals surface area contributed by atoms with Gasteiger partial charge in [-0.3, -0.25) is 4.79 Å². The summed E-state index contributed by atoms with van der Waals surface area (Å²) in [5, 5.41) is 14.5. The Balaban J connectivity index is 1.74. The molecule has 1 saturated heterocycles. The zero-order chi connectivity index (χ0) is 34.1. The predicted octanol–water partition coefficient (Wildman–Crippen LogP) is 5.31. The molecule has 0 spiro atoms. The first-order valence-electron chi connectivity index (χ1n) is 16.4. The molecule has 0 aromatic heterocycles. The molecule has 256 valence electrons. The molecule has 11 heteroatoms. The van der Waals surface area contributed by atoms with E-state index in [1.165, 1.54) is 0 Å². The van der Waals surface area contributed by atoms with Gasteiger partial charge in [0.2, 0.25) is 5.91 Å². The monoisotopic (exact) mass is 668 g/mol. The lowest BCUT2D eigenvalue weighted by atomic mass is 9.71. The van der Waals surface area contributed by atoms with E-state index in [0.29, 0.717) is 41.9 Å². The van der Waals surface area contributed by atoms with Gasteiger partial charge in [-0.05, 0) is 75.3 Å². The number of carbonyl (C=O) groups excluding carboxylic acids is 1. The molecule has 3 aromatic carbocycles. The SMILES string of the molecule is CC(C)(C)NCC(O)c1ccc(OCOP(=O)(O)O)c(C[N+]2(CCC(C(N)=O)(c3ccccc3)c3ccccc3)CCCCCC2)c1. The van der Waals surface area contributed by atoms with Gasteiger partial charge in [-0.1, -0.05) is 66.7 Å². The molecule has 0 radical (unpaired) electrons. The molecule has 10 nitrogen and oxygen atoms in total. The summed E-state index contributed by atoms with van der Waals surface area (Å²) in [4.78, 5) is 32.1. The van der Waals surface area contributed by atoms with Crippen LogP contribution in [0.1, 0.15) is 81.2 Å². The number of phosphoric ester groups is 1. The molecular formula is C36H51N3O7P+. The first-order chi connectivity index (χ1) is 22.2. The number of rotatable bonds is 15. The number of nitrogens with one attached hydrogen (secondary N) is 1. The Morgan fingerprint density at radius 2 is 1.51 bits per heavy atom. The van der Waals surface area contributed by atoms with Crippen molar-refractivity contribution in [2.24, 2.45) is 5.73 Å². The normalized spacial score (nSPS) is 16.3. The molecule has 1 heterocycles. The third kappa shape index (κ3) is 10.2. The average Bonchev–Trinajstić information content (AvgIpc) is 3.26. The van der Waals surface area contributed by atoms with Crippen molar-refractivity contribution >= 4 is 13.7 Å². The lowest BCUT2D eigenvalue weighted by Gasteiger charge is -2.42. The number of primary amides is 1. The minimum atomic E-state index is -4.74. The maximum atomic E-state index is 13.6. The highest BCUT2D eigenvalue weighted by molar-refractivity contribution is 7.46. The number of nitrogens with zero attached hydrogens (tertiary/aromatic N) is 1. The lowest BCUT2D eigenvalue weighted by molar-refractivity contribution is -0.940. The Kier molecular flexibility index (Phi) is 12.4. The number of aliphatic hydroxyl groups excluding tert-OH is 1. The van der Waals surface area contributed by atoms with Gasteiger partial charge in [0.15, 0.2) is 6.79 Å². The van der Waals surface area contributed by atoms with Crippen LogP contribution >= 0.6 is 7.82 Å². The second kappa shape index (κ2) is 15.9. The van der Waals surface area contributed by atoms with Crippen LogP contribution in [0.4, 0.5) is 0 Å². The molecule has 0 aliphatic carbocycles. The number of likely N-dealkylation sites (tertiary alicyclic amines) is 1. The maximum absolute atomic E-state index is 13.6. The van der Waals surface area contributed by atoms with Crippen LogP contribution in [0.2, 0.25) is 0 Å². The number of β-amino-alcohol motifs (C(OH)–C–C–N with tert-alkyl or cyclic N) is 1. The van der Waals surface area contributed by atoms with Crippen LogP contribution in [-0.4, -0.2) is 63.8 Å². The molecule has 0 saturated carbocycles. The highest BCUT2D eigenvalue weighted by atomic mass is 31.2. The molecule has 4 rings (SSSR count). The van der Waals surface area contributed by atoms with Crippen LogP contribution in [0.25, 0.3) is 0 Å². The van der Waals surface area contributed by atoms with Crippen LogP contribution in [-0.2, 0) is 25.8 Å². The molecule has 1 amide bonds. The summed E-state index contributed by atoms with van der Waals surface area (Å²) in [5.74, 6) is 0.0187. The zero-order valence-electron chi connectivity index (χ0n) is 27.8. The molecular weight excluding hydrogens is 617 g/mol. The molecule has 0 bridgehead atoms. The second-order valence-electron chi connectivity index (χ2n) is 13.7. The van der Waals surface area contributed by atoms with E-state index in [-0.39, 0.29) is 5.54 Å². The molecule has 47 heavy (non-hydrogen) atoms. The highest BCUT2D eigenvalue weighted by Crippen LogP contribution is 2.39. The third-order valence-electron chi connectivity index (χ3n) is 9.17. The Hall–Kier alpha value is -3.08. The van der Waals surface area contributed by atoms with Crippen molar-refractivity contribution < 1.29 is 38.0 Å². The first-order valence-corrected chi connectivity index (χ1v) is 17.9. The van der Waals surface area contributed by atoms with E-state index in [2.05, 4.69) is 9.84 Å². The summed E-state index contributed by atoms with van der Waals surface area (Å²) in [6.45, 7) is 8.73. The van der Waals surface area contributed by atoms with Crippen molar-refractivity contribution in [2.45, 2.75) is 76.5 Å². The fraction of sp³-hybridized carbons (Fsp3) is 0.472. The molecule has 1 atom stereocenters. The van der Waals surface area contributed by atoms with Gasteiger partial charge in [0, 0.05) is 24.1 Å². The number of quaternary nitrogens is 1. The fourth-order valence-electron chi connectivity index (χ4n) is 6.65. The molecule has 1 aliphatic rings. The highest BCUT2D eigenvalue weighted by Gasteiger charge is 2.43. The van der Waals surface area contributed by atoms with E-state index in [4.69, 9.17) is 10.5 Å². The molecule has 1 fully saturated rings. The van der Waals surface area contributed by atoms with E-state index < -0.39 is 32.0 Å². The lowest BCUT2D eigenvalue weighted by Crippen LogP contribution is -2.53. The Labute approximate surface area is 278 Å². The quantitative estimate of drug-likeness (QED) is 0.0831. The number of aliphatic hydroxyl groups is 1. The van der Waals surface area contributed by atoms with Crippen LogP contribution < -0.4 is 15.8 Å². The summed E-state index contributed by atoms with van der Waals surface area (Å²) >= 11 is 0. The minimum Gasteiger partial charge on any atom is -0.466 e. The van der Waals surface area contributed by atoms with Gasteiger partial charge in [-0.25, -0.2) is 9.09 Å². The maximum Gasteiger partial charge on any atom is 0.472 e. The topological polar surface area (TPSA) is 151 Å². The van der Waals surface area contributed by atoms with Crippen LogP contribution in [0, 0.1) is 0 Å². The number of amides is 1. The number of carbonyl (C=O) groups is 1. The summed E-state index contributed by atoms with van der Waals surface area (Å²) in [6, 6.07) is 24.9. The van der Waals surface area contributed by atoms with Gasteiger partial charge in [-0.15, -0.1) is 0 Å². The van der Waals surface area contributed by atoms with Crippen LogP contribution in [0.15, 0.2) is 78.9 Å². The van der Waals surface area contributed by atoms with E-state index in [9.17, 15) is 24.3 Å². The number of hydrogen-bond donors (Lipinski definition) is 5. The van der Waals surface area contributed by atoms with Crippen molar-refractivity contribution in [2.75, 3.05) is 33.0 Å². The van der Waals surface area contributed by atoms with Gasteiger partial charge in [0.25, 0.3) is 0 Å². The summed E-state index contributed by atoms with van der Waals surface area (Å²) < 4.78 is 22.5. The van der Waals surface area contributed by atoms with E-state index in [0.717, 1.165) is 55.5 Å². The molecule has 3 aromatic rings. The predicted molar refractivity (Wildman–Crippen MR) is 182 cm³/mol. The Bertz CT molecular complexity index is 1440. The summed E-state index contributed by atoms with van der Waals surface area (Å²) in [6.07, 6.45) is 3.92. The summed E-state index contributed by atoms with van der Waals surface area (Å²) in [5.41, 5.74) is 8.29. The third-order valence-corrected chi connectivity index (χ3v) is 9.61. The smallest absolute Gasteiger partial charge is 0.466 e. The van der Waals surface area contributed by atoms with Gasteiger partial charge in [-0.2, -0.15) is 0 Å². The number of ether oxygens (including phenoxy) is 1. The van der Waals surface area contributed by atoms with Crippen molar-refractivity contribution in [3.05, 3.63) is 101 Å². The van der Waals surface area contributed by atoms with Crippen molar-refractivity contribution in [1.82, 2.24) is 5.32 Å². The molecule has 1 unspecified atom stereocenters. The van der Waals surface area contributed by atoms with Crippen LogP contribution in [0.3, 0.4) is 0 Å².